The zero-order valence-corrected chi connectivity index (χ0v) is 8.63. The molecule has 1 fully saturated rings. The number of likely N-dealkylation sites (N-methyl/N-ethyl adjacent to an activating group) is 1. The number of ether oxygens (including phenoxy) is 1. The highest BCUT2D eigenvalue weighted by Crippen LogP contribution is 2.26. The van der Waals surface area contributed by atoms with E-state index in [4.69, 9.17) is 9.84 Å². The third-order valence-electron chi connectivity index (χ3n) is 2.05. The summed E-state index contributed by atoms with van der Waals surface area (Å²) in [6, 6.07) is 0.277. The van der Waals surface area contributed by atoms with E-state index in [0.29, 0.717) is 6.10 Å². The number of epoxide rings is 1. The van der Waals surface area contributed by atoms with E-state index in [9.17, 15) is 4.79 Å². The Balaban J connectivity index is 2.13. The molecule has 0 aliphatic carbocycles. The van der Waals surface area contributed by atoms with Gasteiger partial charge < -0.3 is 15.2 Å². The molecule has 76 valence electrons. The molecule has 1 aliphatic heterocycles. The smallest absolute Gasteiger partial charge is 0.313 e. The van der Waals surface area contributed by atoms with Gasteiger partial charge in [-0.2, -0.15) is 0 Å². The van der Waals surface area contributed by atoms with E-state index in [0.717, 1.165) is 5.75 Å². The Morgan fingerprint density at radius 3 is 2.77 bits per heavy atom. The largest absolute Gasteiger partial charge is 0.481 e. The van der Waals surface area contributed by atoms with Gasteiger partial charge in [0.15, 0.2) is 0 Å². The van der Waals surface area contributed by atoms with Crippen LogP contribution < -0.4 is 5.32 Å². The van der Waals surface area contributed by atoms with Gasteiger partial charge in [-0.1, -0.05) is 0 Å². The van der Waals surface area contributed by atoms with E-state index in [1.807, 2.05) is 14.0 Å². The van der Waals surface area contributed by atoms with Gasteiger partial charge in [0.05, 0.1) is 18.0 Å². The van der Waals surface area contributed by atoms with Crippen molar-refractivity contribution in [2.24, 2.45) is 0 Å². The lowest BCUT2D eigenvalue weighted by Gasteiger charge is -2.11. The van der Waals surface area contributed by atoms with Gasteiger partial charge in [0, 0.05) is 11.8 Å². The van der Waals surface area contributed by atoms with E-state index in [-0.39, 0.29) is 17.9 Å². The average Bonchev–Trinajstić information content (AvgIpc) is 2.76. The molecule has 1 saturated heterocycles. The highest BCUT2D eigenvalue weighted by Gasteiger charge is 2.40. The lowest BCUT2D eigenvalue weighted by atomic mass is 10.2. The summed E-state index contributed by atoms with van der Waals surface area (Å²) in [5.41, 5.74) is 0. The van der Waals surface area contributed by atoms with Gasteiger partial charge in [-0.15, -0.1) is 11.8 Å². The predicted octanol–water partition coefficient (Wildman–Crippen LogP) is 0.179. The van der Waals surface area contributed by atoms with E-state index >= 15 is 0 Å². The van der Waals surface area contributed by atoms with Crippen LogP contribution in [-0.4, -0.2) is 47.9 Å². The third-order valence-corrected chi connectivity index (χ3v) is 3.09. The van der Waals surface area contributed by atoms with E-state index < -0.39 is 5.97 Å². The molecule has 0 amide bonds. The summed E-state index contributed by atoms with van der Waals surface area (Å²) < 4.78 is 5.30. The Labute approximate surface area is 82.0 Å². The van der Waals surface area contributed by atoms with Crippen molar-refractivity contribution in [2.75, 3.05) is 18.6 Å². The van der Waals surface area contributed by atoms with Crippen molar-refractivity contribution in [3.05, 3.63) is 0 Å². The summed E-state index contributed by atoms with van der Waals surface area (Å²) in [5.74, 6) is 0.196. The van der Waals surface area contributed by atoms with Crippen molar-refractivity contribution in [1.29, 1.82) is 0 Å². The Morgan fingerprint density at radius 2 is 2.38 bits per heavy atom. The minimum absolute atomic E-state index is 0.166. The maximum Gasteiger partial charge on any atom is 0.313 e. The van der Waals surface area contributed by atoms with Crippen LogP contribution in [0.5, 0.6) is 0 Å². The van der Waals surface area contributed by atoms with Gasteiger partial charge in [0.2, 0.25) is 0 Å². The molecule has 2 unspecified atom stereocenters. The Bertz CT molecular complexity index is 188. The van der Waals surface area contributed by atoms with Crippen LogP contribution in [0.25, 0.3) is 0 Å². The first-order valence-electron chi connectivity index (χ1n) is 4.27. The number of aliphatic carboxylic acids is 1. The van der Waals surface area contributed by atoms with Crippen molar-refractivity contribution >= 4 is 17.7 Å². The number of thioether (sulfide) groups is 1. The van der Waals surface area contributed by atoms with Gasteiger partial charge in [0.1, 0.15) is 0 Å². The number of rotatable bonds is 6. The molecular formula is C8H15NO3S. The predicted molar refractivity (Wildman–Crippen MR) is 52.1 cm³/mol. The molecule has 0 radical (unpaired) electrons. The van der Waals surface area contributed by atoms with Crippen LogP contribution in [-0.2, 0) is 9.53 Å². The molecule has 2 N–H and O–H groups in total. The minimum Gasteiger partial charge on any atom is -0.481 e. The number of nitrogens with one attached hydrogen (secondary N) is 1. The lowest BCUT2D eigenvalue weighted by Crippen LogP contribution is -2.34. The fraction of sp³-hybridized carbons (Fsp3) is 0.875. The second-order valence-electron chi connectivity index (χ2n) is 3.11. The second kappa shape index (κ2) is 4.83. The van der Waals surface area contributed by atoms with Crippen molar-refractivity contribution in [3.63, 3.8) is 0 Å². The first kappa shape index (κ1) is 10.8. The number of carbonyl (C=O) groups is 1. The first-order chi connectivity index (χ1) is 6.15. The number of hydrogen-bond acceptors (Lipinski definition) is 4. The molecule has 1 rings (SSSR count). The molecule has 4 nitrogen and oxygen atoms in total. The molecule has 13 heavy (non-hydrogen) atoms. The number of hydrogen-bond donors (Lipinski definition) is 2. The zero-order chi connectivity index (χ0) is 9.84. The molecule has 3 atom stereocenters. The summed E-state index contributed by atoms with van der Waals surface area (Å²) in [7, 11) is 1.88. The van der Waals surface area contributed by atoms with Gasteiger partial charge >= 0.3 is 5.97 Å². The molecular weight excluding hydrogens is 190 g/mol. The van der Waals surface area contributed by atoms with Gasteiger partial charge in [-0.25, -0.2) is 0 Å². The Hall–Kier alpha value is -0.260. The number of carboxylic acid groups (broad SMARTS) is 1. The van der Waals surface area contributed by atoms with Crippen molar-refractivity contribution < 1.29 is 14.6 Å². The highest BCUT2D eigenvalue weighted by molar-refractivity contribution is 7.99. The monoisotopic (exact) mass is 205 g/mol. The van der Waals surface area contributed by atoms with Gasteiger partial charge in [-0.3, -0.25) is 4.79 Å². The normalized spacial score (nSPS) is 28.5. The van der Waals surface area contributed by atoms with Crippen LogP contribution in [0.3, 0.4) is 0 Å². The van der Waals surface area contributed by atoms with Crippen LogP contribution in [0.2, 0.25) is 0 Å². The number of carboxylic acids is 1. The SMILES string of the molecule is CN[C@@H](CSCC(=O)O)C1OC1C. The van der Waals surface area contributed by atoms with Crippen molar-refractivity contribution in [1.82, 2.24) is 5.32 Å². The van der Waals surface area contributed by atoms with E-state index in [2.05, 4.69) is 5.32 Å². The topological polar surface area (TPSA) is 61.9 Å². The molecule has 1 heterocycles. The highest BCUT2D eigenvalue weighted by atomic mass is 32.2. The molecule has 0 bridgehead atoms. The van der Waals surface area contributed by atoms with Crippen molar-refractivity contribution in [3.8, 4) is 0 Å². The third kappa shape index (κ3) is 3.54. The summed E-state index contributed by atoms with van der Waals surface area (Å²) >= 11 is 1.42. The summed E-state index contributed by atoms with van der Waals surface area (Å²) in [5, 5.41) is 11.6. The van der Waals surface area contributed by atoms with Crippen LogP contribution in [0, 0.1) is 0 Å². The fourth-order valence-electron chi connectivity index (χ4n) is 1.24. The van der Waals surface area contributed by atoms with E-state index in [1.165, 1.54) is 11.8 Å². The maximum atomic E-state index is 10.2. The van der Waals surface area contributed by atoms with Crippen LogP contribution in [0.4, 0.5) is 0 Å². The molecule has 0 aromatic carbocycles. The Kier molecular flexibility index (Phi) is 4.02. The zero-order valence-electron chi connectivity index (χ0n) is 7.82. The molecule has 1 aliphatic rings. The second-order valence-corrected chi connectivity index (χ2v) is 4.14. The molecule has 0 aromatic heterocycles. The molecule has 0 saturated carbocycles. The van der Waals surface area contributed by atoms with Crippen molar-refractivity contribution in [2.45, 2.75) is 25.2 Å². The minimum atomic E-state index is -0.760. The first-order valence-corrected chi connectivity index (χ1v) is 5.43. The van der Waals surface area contributed by atoms with E-state index in [1.54, 1.807) is 0 Å². The maximum absolute atomic E-state index is 10.2. The quantitative estimate of drug-likeness (QED) is 0.606. The van der Waals surface area contributed by atoms with Crippen LogP contribution >= 0.6 is 11.8 Å². The summed E-state index contributed by atoms with van der Waals surface area (Å²) in [6.07, 6.45) is 0.592. The average molecular weight is 205 g/mol. The molecule has 0 spiro atoms. The molecule has 0 aromatic rings. The Morgan fingerprint density at radius 1 is 1.77 bits per heavy atom. The fourth-order valence-corrected chi connectivity index (χ4v) is 2.14. The summed E-state index contributed by atoms with van der Waals surface area (Å²) in [6.45, 7) is 2.02. The van der Waals surface area contributed by atoms with Crippen LogP contribution in [0.1, 0.15) is 6.92 Å². The van der Waals surface area contributed by atoms with Gasteiger partial charge in [-0.05, 0) is 14.0 Å². The summed E-state index contributed by atoms with van der Waals surface area (Å²) in [4.78, 5) is 10.2. The molecule has 5 heteroatoms. The van der Waals surface area contributed by atoms with Gasteiger partial charge in [0.25, 0.3) is 0 Å². The standard InChI is InChI=1S/C8H15NO3S/c1-5-8(12-5)6(9-2)3-13-4-7(10)11/h5-6,8-9H,3-4H2,1-2H3,(H,10,11)/t5?,6-,8?/m0/s1. The van der Waals surface area contributed by atoms with Crippen LogP contribution in [0.15, 0.2) is 0 Å². The lowest BCUT2D eigenvalue weighted by molar-refractivity contribution is -0.133.